The topological polar surface area (TPSA) is 78.1 Å². The van der Waals surface area contributed by atoms with Crippen LogP contribution in [0.5, 0.6) is 0 Å². The summed E-state index contributed by atoms with van der Waals surface area (Å²) in [5, 5.41) is 0.967. The molecule has 152 valence electrons. The molecule has 0 N–H and O–H groups in total. The van der Waals surface area contributed by atoms with E-state index in [4.69, 9.17) is 37.1 Å². The van der Waals surface area contributed by atoms with Crippen LogP contribution in [-0.4, -0.2) is 31.9 Å². The Bertz CT molecular complexity index is 1040. The molecule has 2 aromatic rings. The molecule has 0 spiro atoms. The van der Waals surface area contributed by atoms with E-state index in [1.165, 1.54) is 20.5 Å². The Morgan fingerprint density at radius 1 is 1.10 bits per heavy atom. The molecule has 8 heteroatoms. The summed E-state index contributed by atoms with van der Waals surface area (Å²) in [4.78, 5) is 29.4. The fraction of sp³-hybridized carbons (Fsp3) is 0.286. The van der Waals surface area contributed by atoms with Crippen LogP contribution in [-0.2, 0) is 19.1 Å². The minimum atomic E-state index is -0.822. The van der Waals surface area contributed by atoms with Gasteiger partial charge in [0.1, 0.15) is 11.7 Å². The Balaban J connectivity index is 2.14. The summed E-state index contributed by atoms with van der Waals surface area (Å²) >= 11 is 12.3. The number of halogens is 2. The highest BCUT2D eigenvalue weighted by atomic mass is 35.5. The molecule has 1 aromatic carbocycles. The van der Waals surface area contributed by atoms with Crippen LogP contribution >= 0.6 is 23.2 Å². The van der Waals surface area contributed by atoms with Gasteiger partial charge in [0, 0.05) is 32.6 Å². The van der Waals surface area contributed by atoms with Crippen molar-refractivity contribution in [3.05, 3.63) is 57.6 Å². The standard InChI is InChI=1S/C21H19Cl2NO5/c1-10-17(20(25)27-3)19(18(11(2)24-10)21(26)28-4)16-7-12(9-29-16)14-6-5-13(22)8-15(14)23/h5-9,17,19H,1-4H3. The number of hydrogen-bond donors (Lipinski definition) is 0. The van der Waals surface area contributed by atoms with E-state index in [1.54, 1.807) is 38.1 Å². The molecule has 0 aliphatic carbocycles. The summed E-state index contributed by atoms with van der Waals surface area (Å²) in [7, 11) is 2.57. The molecule has 6 nitrogen and oxygen atoms in total. The van der Waals surface area contributed by atoms with Crippen molar-refractivity contribution in [1.82, 2.24) is 0 Å². The quantitative estimate of drug-likeness (QED) is 0.627. The first-order valence-electron chi connectivity index (χ1n) is 8.74. The Kier molecular flexibility index (Phi) is 6.15. The zero-order chi connectivity index (χ0) is 21.3. The van der Waals surface area contributed by atoms with Gasteiger partial charge in [0.15, 0.2) is 0 Å². The maximum atomic E-state index is 12.5. The van der Waals surface area contributed by atoms with Crippen molar-refractivity contribution >= 4 is 40.9 Å². The monoisotopic (exact) mass is 435 g/mol. The van der Waals surface area contributed by atoms with Crippen LogP contribution < -0.4 is 0 Å². The number of allylic oxidation sites excluding steroid dienone is 1. The van der Waals surface area contributed by atoms with E-state index in [2.05, 4.69) is 4.99 Å². The van der Waals surface area contributed by atoms with Crippen molar-refractivity contribution < 1.29 is 23.5 Å². The largest absolute Gasteiger partial charge is 0.468 e. The summed E-state index contributed by atoms with van der Waals surface area (Å²) in [6.07, 6.45) is 1.52. The van der Waals surface area contributed by atoms with Crippen LogP contribution in [0.15, 0.2) is 51.2 Å². The lowest BCUT2D eigenvalue weighted by Crippen LogP contribution is -2.35. The molecule has 1 aliphatic rings. The van der Waals surface area contributed by atoms with Gasteiger partial charge in [-0.1, -0.05) is 29.3 Å². The minimum absolute atomic E-state index is 0.247. The SMILES string of the molecule is COC(=O)C1=C(C)N=C(C)C(C(=O)OC)C1c1cc(-c2ccc(Cl)cc2Cl)co1. The average molecular weight is 436 g/mol. The first-order valence-corrected chi connectivity index (χ1v) is 9.50. The average Bonchev–Trinajstić information content (AvgIpc) is 3.15. The molecule has 0 fully saturated rings. The number of ether oxygens (including phenoxy) is 2. The first kappa shape index (κ1) is 21.1. The van der Waals surface area contributed by atoms with E-state index in [0.29, 0.717) is 38.3 Å². The molecule has 2 atom stereocenters. The number of esters is 2. The van der Waals surface area contributed by atoms with Gasteiger partial charge in [-0.05, 0) is 32.0 Å². The second kappa shape index (κ2) is 8.43. The van der Waals surface area contributed by atoms with Gasteiger partial charge < -0.3 is 13.9 Å². The van der Waals surface area contributed by atoms with Crippen molar-refractivity contribution in [2.45, 2.75) is 19.8 Å². The van der Waals surface area contributed by atoms with Crippen LogP contribution in [0.3, 0.4) is 0 Å². The van der Waals surface area contributed by atoms with Gasteiger partial charge in [-0.3, -0.25) is 9.79 Å². The molecule has 2 unspecified atom stereocenters. The molecule has 0 bridgehead atoms. The summed E-state index contributed by atoms with van der Waals surface area (Å²) < 4.78 is 15.7. The van der Waals surface area contributed by atoms with E-state index in [-0.39, 0.29) is 5.57 Å². The molecular weight excluding hydrogens is 417 g/mol. The minimum Gasteiger partial charge on any atom is -0.468 e. The fourth-order valence-electron chi connectivity index (χ4n) is 3.53. The van der Waals surface area contributed by atoms with Crippen molar-refractivity contribution in [2.24, 2.45) is 10.9 Å². The van der Waals surface area contributed by atoms with Crippen molar-refractivity contribution in [3.63, 3.8) is 0 Å². The van der Waals surface area contributed by atoms with E-state index in [1.807, 2.05) is 0 Å². The summed E-state index contributed by atoms with van der Waals surface area (Å²) in [6, 6.07) is 6.86. The highest BCUT2D eigenvalue weighted by Crippen LogP contribution is 2.42. The number of benzene rings is 1. The van der Waals surface area contributed by atoms with Gasteiger partial charge in [0.05, 0.1) is 32.0 Å². The van der Waals surface area contributed by atoms with Crippen LogP contribution in [0.2, 0.25) is 10.0 Å². The number of aliphatic imine (C=N–C) groups is 1. The third kappa shape index (κ3) is 3.95. The van der Waals surface area contributed by atoms with E-state index < -0.39 is 23.8 Å². The van der Waals surface area contributed by atoms with Crippen molar-refractivity contribution in [3.8, 4) is 11.1 Å². The second-order valence-corrected chi connectivity index (χ2v) is 7.43. The first-order chi connectivity index (χ1) is 13.8. The number of carbonyl (C=O) groups excluding carboxylic acids is 2. The van der Waals surface area contributed by atoms with Gasteiger partial charge >= 0.3 is 11.9 Å². The molecule has 1 aromatic heterocycles. The molecule has 1 aliphatic heterocycles. The van der Waals surface area contributed by atoms with Crippen LogP contribution in [0.1, 0.15) is 25.5 Å². The van der Waals surface area contributed by atoms with E-state index in [0.717, 1.165) is 0 Å². The van der Waals surface area contributed by atoms with Crippen LogP contribution in [0, 0.1) is 5.92 Å². The number of furan rings is 1. The molecule has 0 saturated carbocycles. The Labute approximate surface area is 178 Å². The zero-order valence-electron chi connectivity index (χ0n) is 16.3. The highest BCUT2D eigenvalue weighted by molar-refractivity contribution is 6.36. The number of methoxy groups -OCH3 is 2. The predicted octanol–water partition coefficient (Wildman–Crippen LogP) is 5.05. The molecule has 0 radical (unpaired) electrons. The molecular formula is C21H19Cl2NO5. The van der Waals surface area contributed by atoms with Crippen molar-refractivity contribution in [1.29, 1.82) is 0 Å². The van der Waals surface area contributed by atoms with Crippen molar-refractivity contribution in [2.75, 3.05) is 14.2 Å². The van der Waals surface area contributed by atoms with Gasteiger partial charge in [0.25, 0.3) is 0 Å². The lowest BCUT2D eigenvalue weighted by Gasteiger charge is -2.29. The maximum Gasteiger partial charge on any atom is 0.336 e. The molecule has 0 saturated heterocycles. The number of hydrogen-bond acceptors (Lipinski definition) is 6. The summed E-state index contributed by atoms with van der Waals surface area (Å²) in [6.45, 7) is 3.40. The predicted molar refractivity (Wildman–Crippen MR) is 110 cm³/mol. The van der Waals surface area contributed by atoms with E-state index >= 15 is 0 Å². The number of nitrogens with zero attached hydrogens (tertiary/aromatic N) is 1. The summed E-state index contributed by atoms with van der Waals surface area (Å²) in [5.41, 5.74) is 2.63. The number of rotatable bonds is 4. The maximum absolute atomic E-state index is 12.5. The molecule has 29 heavy (non-hydrogen) atoms. The molecule has 3 rings (SSSR count). The third-order valence-electron chi connectivity index (χ3n) is 4.86. The normalized spacial score (nSPS) is 19.0. The third-order valence-corrected chi connectivity index (χ3v) is 5.40. The molecule has 2 heterocycles. The van der Waals surface area contributed by atoms with Gasteiger partial charge in [-0.2, -0.15) is 0 Å². The Morgan fingerprint density at radius 3 is 2.45 bits per heavy atom. The Morgan fingerprint density at radius 2 is 1.83 bits per heavy atom. The highest BCUT2D eigenvalue weighted by Gasteiger charge is 2.43. The second-order valence-electron chi connectivity index (χ2n) is 6.58. The number of carbonyl (C=O) groups is 2. The fourth-order valence-corrected chi connectivity index (χ4v) is 4.05. The van der Waals surface area contributed by atoms with Crippen LogP contribution in [0.4, 0.5) is 0 Å². The summed E-state index contributed by atoms with van der Waals surface area (Å²) in [5.74, 6) is -2.27. The smallest absolute Gasteiger partial charge is 0.336 e. The lowest BCUT2D eigenvalue weighted by molar-refractivity contribution is -0.144. The van der Waals surface area contributed by atoms with Crippen LogP contribution in [0.25, 0.3) is 11.1 Å². The van der Waals surface area contributed by atoms with Gasteiger partial charge in [0.2, 0.25) is 0 Å². The Hall–Kier alpha value is -2.57. The van der Waals surface area contributed by atoms with Gasteiger partial charge in [-0.25, -0.2) is 4.79 Å². The zero-order valence-corrected chi connectivity index (χ0v) is 17.8. The van der Waals surface area contributed by atoms with Gasteiger partial charge in [-0.15, -0.1) is 0 Å². The molecule has 0 amide bonds. The van der Waals surface area contributed by atoms with E-state index in [9.17, 15) is 9.59 Å². The lowest BCUT2D eigenvalue weighted by atomic mass is 9.78.